The summed E-state index contributed by atoms with van der Waals surface area (Å²) in [5.74, 6) is -1.45. The van der Waals surface area contributed by atoms with Gasteiger partial charge in [-0.1, -0.05) is 12.1 Å². The molecule has 1 N–H and O–H groups in total. The van der Waals surface area contributed by atoms with E-state index in [4.69, 9.17) is 14.6 Å². The molecule has 0 saturated carbocycles. The Balaban J connectivity index is 2.71. The summed E-state index contributed by atoms with van der Waals surface area (Å²) < 4.78 is 9.73. The first-order chi connectivity index (χ1) is 7.13. The lowest BCUT2D eigenvalue weighted by molar-refractivity contribution is -0.145. The van der Waals surface area contributed by atoms with Crippen LogP contribution in [0.4, 0.5) is 0 Å². The van der Waals surface area contributed by atoms with Crippen LogP contribution >= 0.6 is 0 Å². The molecule has 0 atom stereocenters. The molecule has 0 bridgehead atoms. The fraction of sp³-hybridized carbons (Fsp3) is 0.200. The molecule has 0 aromatic heterocycles. The Labute approximate surface area is 86.2 Å². The highest BCUT2D eigenvalue weighted by atomic mass is 16.6. The summed E-state index contributed by atoms with van der Waals surface area (Å²) in [6, 6.07) is 6.52. The minimum atomic E-state index is -1.23. The van der Waals surface area contributed by atoms with Crippen molar-refractivity contribution in [2.45, 2.75) is 6.42 Å². The summed E-state index contributed by atoms with van der Waals surface area (Å²) in [5, 5.41) is 8.36. The molecule has 0 heterocycles. The van der Waals surface area contributed by atoms with Gasteiger partial charge in [0.1, 0.15) is 6.42 Å². The summed E-state index contributed by atoms with van der Waals surface area (Å²) >= 11 is 0. The standard InChI is InChI=1S/C10H10O5/c1-14-7-4-2-3-5-8(7)15-10(13)6-9(11)12/h2-5H,6H2,1H3,(H,11,12). The van der Waals surface area contributed by atoms with Crippen LogP contribution in [0, 0.1) is 0 Å². The highest BCUT2D eigenvalue weighted by molar-refractivity contribution is 5.91. The molecule has 0 spiro atoms. The van der Waals surface area contributed by atoms with E-state index in [-0.39, 0.29) is 5.75 Å². The van der Waals surface area contributed by atoms with Gasteiger partial charge >= 0.3 is 11.9 Å². The van der Waals surface area contributed by atoms with E-state index in [9.17, 15) is 9.59 Å². The topological polar surface area (TPSA) is 72.8 Å². The van der Waals surface area contributed by atoms with Crippen molar-refractivity contribution in [3.05, 3.63) is 24.3 Å². The lowest BCUT2D eigenvalue weighted by Crippen LogP contribution is -2.13. The van der Waals surface area contributed by atoms with Crippen molar-refractivity contribution in [1.82, 2.24) is 0 Å². The molecule has 5 heteroatoms. The van der Waals surface area contributed by atoms with Crippen LogP contribution in [0.15, 0.2) is 24.3 Å². The van der Waals surface area contributed by atoms with Crippen LogP contribution < -0.4 is 9.47 Å². The first-order valence-electron chi connectivity index (χ1n) is 4.19. The number of carboxylic acid groups (broad SMARTS) is 1. The molecule has 1 aromatic rings. The third kappa shape index (κ3) is 3.30. The summed E-state index contributed by atoms with van der Waals surface area (Å²) in [6.07, 6.45) is -0.669. The van der Waals surface area contributed by atoms with Gasteiger partial charge in [0.2, 0.25) is 0 Å². The van der Waals surface area contributed by atoms with E-state index in [1.165, 1.54) is 13.2 Å². The summed E-state index contributed by atoms with van der Waals surface area (Å²) in [4.78, 5) is 21.3. The van der Waals surface area contributed by atoms with Gasteiger partial charge in [-0.15, -0.1) is 0 Å². The Kier molecular flexibility index (Phi) is 3.68. The van der Waals surface area contributed by atoms with Crippen LogP contribution in [0.25, 0.3) is 0 Å². The van der Waals surface area contributed by atoms with E-state index >= 15 is 0 Å². The first-order valence-corrected chi connectivity index (χ1v) is 4.19. The number of hydrogen-bond donors (Lipinski definition) is 1. The van der Waals surface area contributed by atoms with Gasteiger partial charge in [-0.25, -0.2) is 0 Å². The fourth-order valence-corrected chi connectivity index (χ4v) is 0.985. The van der Waals surface area contributed by atoms with Crippen molar-refractivity contribution in [2.75, 3.05) is 7.11 Å². The van der Waals surface area contributed by atoms with E-state index in [0.29, 0.717) is 5.75 Å². The second-order valence-electron chi connectivity index (χ2n) is 2.70. The number of para-hydroxylation sites is 2. The molecular formula is C10H10O5. The molecule has 0 saturated heterocycles. The van der Waals surface area contributed by atoms with Crippen LogP contribution in [0.5, 0.6) is 11.5 Å². The van der Waals surface area contributed by atoms with Crippen molar-refractivity contribution in [1.29, 1.82) is 0 Å². The largest absolute Gasteiger partial charge is 0.493 e. The smallest absolute Gasteiger partial charge is 0.322 e. The highest BCUT2D eigenvalue weighted by Gasteiger charge is 2.12. The van der Waals surface area contributed by atoms with Gasteiger partial charge in [0.05, 0.1) is 7.11 Å². The molecule has 5 nitrogen and oxygen atoms in total. The molecule has 1 aromatic carbocycles. The minimum Gasteiger partial charge on any atom is -0.493 e. The van der Waals surface area contributed by atoms with Crippen LogP contribution in [0.2, 0.25) is 0 Å². The van der Waals surface area contributed by atoms with Gasteiger partial charge < -0.3 is 14.6 Å². The van der Waals surface area contributed by atoms with Crippen molar-refractivity contribution < 1.29 is 24.2 Å². The Bertz CT molecular complexity index is 372. The van der Waals surface area contributed by atoms with Gasteiger partial charge in [-0.2, -0.15) is 0 Å². The normalized spacial score (nSPS) is 9.40. The van der Waals surface area contributed by atoms with Crippen molar-refractivity contribution >= 4 is 11.9 Å². The zero-order valence-electron chi connectivity index (χ0n) is 8.10. The first kappa shape index (κ1) is 11.0. The molecule has 0 aliphatic carbocycles. The predicted molar refractivity (Wildman–Crippen MR) is 50.9 cm³/mol. The summed E-state index contributed by atoms with van der Waals surface area (Å²) in [6.45, 7) is 0. The lowest BCUT2D eigenvalue weighted by atomic mass is 10.3. The van der Waals surface area contributed by atoms with Crippen LogP contribution in [0.3, 0.4) is 0 Å². The average Bonchev–Trinajstić information content (AvgIpc) is 2.17. The van der Waals surface area contributed by atoms with Gasteiger partial charge in [-0.05, 0) is 12.1 Å². The Hall–Kier alpha value is -2.04. The van der Waals surface area contributed by atoms with Crippen molar-refractivity contribution in [3.8, 4) is 11.5 Å². The van der Waals surface area contributed by atoms with Gasteiger partial charge in [0.25, 0.3) is 0 Å². The molecule has 1 rings (SSSR count). The number of carbonyl (C=O) groups excluding carboxylic acids is 1. The SMILES string of the molecule is COc1ccccc1OC(=O)CC(=O)O. The number of carboxylic acids is 1. The minimum absolute atomic E-state index is 0.214. The van der Waals surface area contributed by atoms with Crippen LogP contribution in [-0.4, -0.2) is 24.2 Å². The maximum absolute atomic E-state index is 11.0. The van der Waals surface area contributed by atoms with Gasteiger partial charge in [0, 0.05) is 0 Å². The highest BCUT2D eigenvalue weighted by Crippen LogP contribution is 2.25. The third-order valence-electron chi connectivity index (χ3n) is 1.59. The maximum atomic E-state index is 11.0. The number of benzene rings is 1. The Morgan fingerprint density at radius 3 is 2.40 bits per heavy atom. The van der Waals surface area contributed by atoms with E-state index in [1.54, 1.807) is 18.2 Å². The van der Waals surface area contributed by atoms with E-state index < -0.39 is 18.4 Å². The Morgan fingerprint density at radius 1 is 1.27 bits per heavy atom. The van der Waals surface area contributed by atoms with E-state index in [0.717, 1.165) is 0 Å². The van der Waals surface area contributed by atoms with Crippen molar-refractivity contribution in [3.63, 3.8) is 0 Å². The number of ether oxygens (including phenoxy) is 2. The van der Waals surface area contributed by atoms with Crippen molar-refractivity contribution in [2.24, 2.45) is 0 Å². The Morgan fingerprint density at radius 2 is 1.87 bits per heavy atom. The third-order valence-corrected chi connectivity index (χ3v) is 1.59. The maximum Gasteiger partial charge on any atom is 0.322 e. The summed E-state index contributed by atoms with van der Waals surface area (Å²) in [5.41, 5.74) is 0. The zero-order valence-corrected chi connectivity index (χ0v) is 8.10. The molecular weight excluding hydrogens is 200 g/mol. The molecule has 0 radical (unpaired) electrons. The second-order valence-corrected chi connectivity index (χ2v) is 2.70. The number of aliphatic carboxylic acids is 1. The van der Waals surface area contributed by atoms with E-state index in [2.05, 4.69) is 0 Å². The molecule has 0 aliphatic heterocycles. The monoisotopic (exact) mass is 210 g/mol. The molecule has 0 aliphatic rings. The second kappa shape index (κ2) is 4.99. The quantitative estimate of drug-likeness (QED) is 0.457. The van der Waals surface area contributed by atoms with Crippen LogP contribution in [0.1, 0.15) is 6.42 Å². The van der Waals surface area contributed by atoms with Crippen LogP contribution in [-0.2, 0) is 9.59 Å². The number of rotatable bonds is 4. The average molecular weight is 210 g/mol. The van der Waals surface area contributed by atoms with Gasteiger partial charge in [-0.3, -0.25) is 9.59 Å². The molecule has 0 amide bonds. The molecule has 0 unspecified atom stereocenters. The molecule has 0 fully saturated rings. The number of methoxy groups -OCH3 is 1. The molecule has 15 heavy (non-hydrogen) atoms. The fourth-order valence-electron chi connectivity index (χ4n) is 0.985. The predicted octanol–water partition coefficient (Wildman–Crippen LogP) is 1.08. The lowest BCUT2D eigenvalue weighted by Gasteiger charge is -2.07. The number of esters is 1. The number of carbonyl (C=O) groups is 2. The number of hydrogen-bond acceptors (Lipinski definition) is 4. The zero-order chi connectivity index (χ0) is 11.3. The summed E-state index contributed by atoms with van der Waals surface area (Å²) in [7, 11) is 1.43. The molecule has 80 valence electrons. The van der Waals surface area contributed by atoms with Gasteiger partial charge in [0.15, 0.2) is 11.5 Å². The van der Waals surface area contributed by atoms with E-state index in [1.807, 2.05) is 0 Å².